The fourth-order valence-electron chi connectivity index (χ4n) is 5.97. The molecule has 2 aliphatic rings. The van der Waals surface area contributed by atoms with Crippen molar-refractivity contribution >= 4 is 28.5 Å². The van der Waals surface area contributed by atoms with Crippen molar-refractivity contribution in [2.75, 3.05) is 51.8 Å². The van der Waals surface area contributed by atoms with Crippen LogP contribution in [0.1, 0.15) is 60.5 Å². The number of aromatic nitrogens is 1. The number of benzene rings is 2. The van der Waals surface area contributed by atoms with Crippen LogP contribution in [0.5, 0.6) is 11.5 Å². The number of fused-ring (bicyclic) bond motifs is 1. The number of hydrogen-bond acceptors (Lipinski definition) is 6. The Balaban J connectivity index is 1.53. The number of piperazine rings is 1. The maximum atomic E-state index is 14.3. The van der Waals surface area contributed by atoms with E-state index in [1.54, 1.807) is 39.3 Å². The van der Waals surface area contributed by atoms with E-state index in [9.17, 15) is 9.59 Å². The first-order chi connectivity index (χ1) is 20.4. The Labute approximate surface area is 248 Å². The van der Waals surface area contributed by atoms with Crippen LogP contribution < -0.4 is 14.4 Å². The summed E-state index contributed by atoms with van der Waals surface area (Å²) in [6, 6.07) is 13.8. The number of rotatable bonds is 9. The summed E-state index contributed by atoms with van der Waals surface area (Å²) < 4.78 is 11.1. The standard InChI is InChI=1S/C34H42N4O4/c1-24-10-12-31-27(20-24)21-28(33(35-31)37-18-16-36(17-19-37)25(2)39)23-38(15-14-26-8-6-5-7-9-26)34(40)30-22-29(41-3)11-13-32(30)42-4/h8,10-13,20-22H,5-7,9,14-19,23H2,1-4H3. The van der Waals surface area contributed by atoms with Crippen LogP contribution in [0.25, 0.3) is 10.9 Å². The van der Waals surface area contributed by atoms with Gasteiger partial charge in [0.05, 0.1) is 25.3 Å². The summed E-state index contributed by atoms with van der Waals surface area (Å²) in [6.45, 7) is 7.40. The molecular weight excluding hydrogens is 528 g/mol. The molecule has 0 saturated carbocycles. The highest BCUT2D eigenvalue weighted by molar-refractivity contribution is 5.97. The van der Waals surface area contributed by atoms with Gasteiger partial charge in [0.1, 0.15) is 17.3 Å². The lowest BCUT2D eigenvalue weighted by Gasteiger charge is -2.36. The van der Waals surface area contributed by atoms with Crippen molar-refractivity contribution in [3.05, 3.63) is 70.8 Å². The van der Waals surface area contributed by atoms with E-state index in [-0.39, 0.29) is 11.8 Å². The highest BCUT2D eigenvalue weighted by Gasteiger charge is 2.26. The van der Waals surface area contributed by atoms with Crippen LogP contribution in [0.15, 0.2) is 54.1 Å². The van der Waals surface area contributed by atoms with Crippen molar-refractivity contribution in [2.45, 2.75) is 52.5 Å². The number of anilines is 1. The third-order valence-corrected chi connectivity index (χ3v) is 8.42. The predicted octanol–water partition coefficient (Wildman–Crippen LogP) is 5.76. The maximum absolute atomic E-state index is 14.3. The first-order valence-electron chi connectivity index (χ1n) is 15.0. The summed E-state index contributed by atoms with van der Waals surface area (Å²) in [4.78, 5) is 37.5. The summed E-state index contributed by atoms with van der Waals surface area (Å²) in [5.74, 6) is 2.01. The molecule has 0 spiro atoms. The van der Waals surface area contributed by atoms with Crippen molar-refractivity contribution in [3.8, 4) is 11.5 Å². The zero-order chi connectivity index (χ0) is 29.6. The average molecular weight is 571 g/mol. The van der Waals surface area contributed by atoms with E-state index in [4.69, 9.17) is 14.5 Å². The highest BCUT2D eigenvalue weighted by atomic mass is 16.5. The van der Waals surface area contributed by atoms with Gasteiger partial charge in [-0.05, 0) is 75.4 Å². The first-order valence-corrected chi connectivity index (χ1v) is 15.0. The number of carbonyl (C=O) groups excluding carboxylic acids is 2. The number of allylic oxidation sites excluding steroid dienone is 1. The van der Waals surface area contributed by atoms with Gasteiger partial charge in [-0.25, -0.2) is 4.98 Å². The molecule has 222 valence electrons. The Kier molecular flexibility index (Phi) is 9.30. The second kappa shape index (κ2) is 13.3. The molecule has 1 saturated heterocycles. The van der Waals surface area contributed by atoms with Gasteiger partial charge in [0.2, 0.25) is 5.91 Å². The van der Waals surface area contributed by atoms with E-state index in [2.05, 4.69) is 42.2 Å². The van der Waals surface area contributed by atoms with Gasteiger partial charge in [0, 0.05) is 57.1 Å². The fourth-order valence-corrected chi connectivity index (χ4v) is 5.97. The van der Waals surface area contributed by atoms with Gasteiger partial charge < -0.3 is 24.2 Å². The van der Waals surface area contributed by atoms with E-state index < -0.39 is 0 Å². The van der Waals surface area contributed by atoms with Crippen LogP contribution in [0.3, 0.4) is 0 Å². The third-order valence-electron chi connectivity index (χ3n) is 8.42. The molecule has 0 N–H and O–H groups in total. The monoisotopic (exact) mass is 570 g/mol. The van der Waals surface area contributed by atoms with Crippen molar-refractivity contribution in [1.82, 2.24) is 14.8 Å². The zero-order valence-electron chi connectivity index (χ0n) is 25.3. The van der Waals surface area contributed by atoms with Crippen LogP contribution in [0.4, 0.5) is 5.82 Å². The topological polar surface area (TPSA) is 75.2 Å². The molecule has 1 aliphatic heterocycles. The average Bonchev–Trinajstić information content (AvgIpc) is 3.02. The quantitative estimate of drug-likeness (QED) is 0.305. The Morgan fingerprint density at radius 1 is 0.976 bits per heavy atom. The maximum Gasteiger partial charge on any atom is 0.258 e. The first kappa shape index (κ1) is 29.4. The van der Waals surface area contributed by atoms with E-state index >= 15 is 0 Å². The molecule has 0 unspecified atom stereocenters. The minimum absolute atomic E-state index is 0.0952. The van der Waals surface area contributed by atoms with Gasteiger partial charge in [-0.2, -0.15) is 0 Å². The van der Waals surface area contributed by atoms with Crippen LogP contribution in [-0.2, 0) is 11.3 Å². The van der Waals surface area contributed by atoms with Gasteiger partial charge in [-0.1, -0.05) is 23.3 Å². The molecule has 3 aromatic rings. The molecule has 5 rings (SSSR count). The Hall–Kier alpha value is -4.07. The fraction of sp³-hybridized carbons (Fsp3) is 0.441. The number of aryl methyl sites for hydroxylation is 1. The number of amides is 2. The van der Waals surface area contributed by atoms with Crippen molar-refractivity contribution < 1.29 is 19.1 Å². The normalized spacial score (nSPS) is 15.4. The van der Waals surface area contributed by atoms with E-state index in [0.717, 1.165) is 47.1 Å². The van der Waals surface area contributed by atoms with Crippen molar-refractivity contribution in [1.29, 1.82) is 0 Å². The molecule has 0 atom stereocenters. The third kappa shape index (κ3) is 6.69. The molecule has 8 heteroatoms. The van der Waals surface area contributed by atoms with Crippen molar-refractivity contribution in [2.24, 2.45) is 0 Å². The van der Waals surface area contributed by atoms with E-state index in [1.807, 2.05) is 9.80 Å². The number of methoxy groups -OCH3 is 2. The number of carbonyl (C=O) groups is 2. The molecule has 42 heavy (non-hydrogen) atoms. The van der Waals surface area contributed by atoms with Gasteiger partial charge in [-0.3, -0.25) is 9.59 Å². The molecule has 0 bridgehead atoms. The van der Waals surface area contributed by atoms with Crippen LogP contribution in [0.2, 0.25) is 0 Å². The summed E-state index contributed by atoms with van der Waals surface area (Å²) in [7, 11) is 3.19. The zero-order valence-corrected chi connectivity index (χ0v) is 25.3. The highest BCUT2D eigenvalue weighted by Crippen LogP contribution is 2.31. The Bertz CT molecular complexity index is 1480. The molecule has 2 aromatic carbocycles. The van der Waals surface area contributed by atoms with Gasteiger partial charge in [-0.15, -0.1) is 0 Å². The second-order valence-electron chi connectivity index (χ2n) is 11.3. The van der Waals surface area contributed by atoms with E-state index in [1.165, 1.54) is 18.4 Å². The number of nitrogens with zero attached hydrogens (tertiary/aromatic N) is 4. The smallest absolute Gasteiger partial charge is 0.258 e. The lowest BCUT2D eigenvalue weighted by molar-refractivity contribution is -0.129. The Morgan fingerprint density at radius 3 is 2.48 bits per heavy atom. The molecule has 8 nitrogen and oxygen atoms in total. The summed E-state index contributed by atoms with van der Waals surface area (Å²) in [6.07, 6.45) is 7.82. The molecule has 1 aliphatic carbocycles. The molecule has 1 fully saturated rings. The SMILES string of the molecule is COc1ccc(OC)c(C(=O)N(CCC2=CCCCC2)Cc2cc3cc(C)ccc3nc2N2CCN(C(C)=O)CC2)c1. The molecule has 2 amide bonds. The summed E-state index contributed by atoms with van der Waals surface area (Å²) in [5, 5.41) is 1.05. The molecule has 1 aromatic heterocycles. The number of pyridine rings is 1. The second-order valence-corrected chi connectivity index (χ2v) is 11.3. The van der Waals surface area contributed by atoms with Crippen molar-refractivity contribution in [3.63, 3.8) is 0 Å². The molecule has 2 heterocycles. The minimum atomic E-state index is -0.0983. The van der Waals surface area contributed by atoms with Crippen LogP contribution in [-0.4, -0.2) is 73.5 Å². The van der Waals surface area contributed by atoms with Gasteiger partial charge >= 0.3 is 0 Å². The minimum Gasteiger partial charge on any atom is -0.497 e. The van der Waals surface area contributed by atoms with Gasteiger partial charge in [0.25, 0.3) is 5.91 Å². The van der Waals surface area contributed by atoms with Crippen LogP contribution >= 0.6 is 0 Å². The Morgan fingerprint density at radius 2 is 1.79 bits per heavy atom. The lowest BCUT2D eigenvalue weighted by Crippen LogP contribution is -2.48. The largest absolute Gasteiger partial charge is 0.497 e. The van der Waals surface area contributed by atoms with Crippen LogP contribution in [0, 0.1) is 6.92 Å². The summed E-state index contributed by atoms with van der Waals surface area (Å²) in [5.41, 5.74) is 4.99. The number of hydrogen-bond donors (Lipinski definition) is 0. The predicted molar refractivity (Wildman–Crippen MR) is 166 cm³/mol. The van der Waals surface area contributed by atoms with E-state index in [0.29, 0.717) is 56.3 Å². The molecular formula is C34H42N4O4. The lowest BCUT2D eigenvalue weighted by atomic mass is 9.97. The summed E-state index contributed by atoms with van der Waals surface area (Å²) >= 11 is 0. The van der Waals surface area contributed by atoms with Gasteiger partial charge in [0.15, 0.2) is 0 Å². The molecule has 0 radical (unpaired) electrons. The number of ether oxygens (including phenoxy) is 2.